The van der Waals surface area contributed by atoms with Crippen molar-refractivity contribution in [1.29, 1.82) is 0 Å². The first-order valence-electron chi connectivity index (χ1n) is 6.81. The molecule has 0 fully saturated rings. The quantitative estimate of drug-likeness (QED) is 0.886. The molecule has 0 bridgehead atoms. The van der Waals surface area contributed by atoms with E-state index in [0.29, 0.717) is 12.0 Å². The lowest BCUT2D eigenvalue weighted by Crippen LogP contribution is -2.31. The van der Waals surface area contributed by atoms with Crippen molar-refractivity contribution in [2.75, 3.05) is 6.54 Å². The number of carboxylic acids is 1. The Morgan fingerprint density at radius 3 is 2.67 bits per heavy atom. The summed E-state index contributed by atoms with van der Waals surface area (Å²) in [6.07, 6.45) is 0.355. The number of carboxylic acid groups (broad SMARTS) is 1. The lowest BCUT2D eigenvalue weighted by molar-refractivity contribution is -0.147. The van der Waals surface area contributed by atoms with E-state index in [-0.39, 0.29) is 18.2 Å². The summed E-state index contributed by atoms with van der Waals surface area (Å²) in [5, 5.41) is 12.6. The first kappa shape index (κ1) is 15.1. The molecule has 1 aromatic carbocycles. The van der Waals surface area contributed by atoms with Gasteiger partial charge < -0.3 is 14.8 Å². The number of carbonyl (C=O) groups is 2. The van der Waals surface area contributed by atoms with Gasteiger partial charge in [-0.3, -0.25) is 9.59 Å². The molecule has 5 nitrogen and oxygen atoms in total. The van der Waals surface area contributed by atoms with Gasteiger partial charge in [0.15, 0.2) is 5.76 Å². The zero-order valence-electron chi connectivity index (χ0n) is 12.4. The molecule has 0 radical (unpaired) electrons. The third-order valence-electron chi connectivity index (χ3n) is 3.51. The Kier molecular flexibility index (Phi) is 4.02. The van der Waals surface area contributed by atoms with E-state index >= 15 is 0 Å². The van der Waals surface area contributed by atoms with Gasteiger partial charge in [-0.2, -0.15) is 0 Å². The summed E-state index contributed by atoms with van der Waals surface area (Å²) in [5.41, 5.74) is 0.897. The molecule has 5 heteroatoms. The fourth-order valence-corrected chi connectivity index (χ4v) is 1.96. The minimum Gasteiger partial charge on any atom is -0.481 e. The number of nitrogens with one attached hydrogen (secondary N) is 1. The van der Waals surface area contributed by atoms with E-state index in [2.05, 4.69) is 5.32 Å². The van der Waals surface area contributed by atoms with Crippen molar-refractivity contribution in [2.45, 2.75) is 27.2 Å². The highest BCUT2D eigenvalue weighted by Crippen LogP contribution is 2.21. The molecule has 1 amide bonds. The van der Waals surface area contributed by atoms with Gasteiger partial charge >= 0.3 is 5.97 Å². The van der Waals surface area contributed by atoms with E-state index in [1.165, 1.54) is 0 Å². The highest BCUT2D eigenvalue weighted by molar-refractivity contribution is 5.96. The van der Waals surface area contributed by atoms with Crippen molar-refractivity contribution < 1.29 is 19.1 Å². The number of rotatable bonds is 5. The Bertz CT molecular complexity index is 685. The molecule has 1 heterocycles. The molecular formula is C16H19NO4. The Hall–Kier alpha value is -2.30. The van der Waals surface area contributed by atoms with Crippen molar-refractivity contribution in [1.82, 2.24) is 5.32 Å². The zero-order chi connectivity index (χ0) is 15.6. The maximum absolute atomic E-state index is 12.0. The fraction of sp³-hybridized carbons (Fsp3) is 0.375. The van der Waals surface area contributed by atoms with Crippen molar-refractivity contribution in [3.63, 3.8) is 0 Å². The zero-order valence-corrected chi connectivity index (χ0v) is 12.4. The van der Waals surface area contributed by atoms with E-state index in [0.717, 1.165) is 10.9 Å². The van der Waals surface area contributed by atoms with Crippen LogP contribution in [0.1, 0.15) is 36.4 Å². The van der Waals surface area contributed by atoms with Crippen LogP contribution in [0.2, 0.25) is 0 Å². The van der Waals surface area contributed by atoms with Crippen LogP contribution in [0.15, 0.2) is 28.7 Å². The Labute approximate surface area is 122 Å². The van der Waals surface area contributed by atoms with Crippen LogP contribution in [0.4, 0.5) is 0 Å². The van der Waals surface area contributed by atoms with Gasteiger partial charge in [0.2, 0.25) is 0 Å². The van der Waals surface area contributed by atoms with Gasteiger partial charge in [0.05, 0.1) is 5.41 Å². The molecule has 0 aliphatic heterocycles. The molecule has 21 heavy (non-hydrogen) atoms. The van der Waals surface area contributed by atoms with Crippen LogP contribution < -0.4 is 5.32 Å². The Balaban J connectivity index is 2.01. The molecule has 0 saturated carbocycles. The van der Waals surface area contributed by atoms with Crippen molar-refractivity contribution in [3.8, 4) is 0 Å². The molecule has 0 atom stereocenters. The minimum atomic E-state index is -0.879. The normalized spacial score (nSPS) is 11.6. The fourth-order valence-electron chi connectivity index (χ4n) is 1.96. The highest BCUT2D eigenvalue weighted by Gasteiger charge is 2.26. The molecule has 0 spiro atoms. The van der Waals surface area contributed by atoms with Gasteiger partial charge in [0, 0.05) is 11.9 Å². The molecule has 0 saturated heterocycles. The second-order valence-electron chi connectivity index (χ2n) is 5.85. The summed E-state index contributed by atoms with van der Waals surface area (Å²) in [6, 6.07) is 7.39. The molecule has 0 aliphatic carbocycles. The van der Waals surface area contributed by atoms with Crippen LogP contribution in [-0.2, 0) is 4.79 Å². The number of furan rings is 1. The van der Waals surface area contributed by atoms with E-state index in [4.69, 9.17) is 9.52 Å². The van der Waals surface area contributed by atoms with Crippen LogP contribution in [-0.4, -0.2) is 23.5 Å². The molecule has 1 aromatic heterocycles. The largest absolute Gasteiger partial charge is 0.481 e. The number of aryl methyl sites for hydroxylation is 1. The number of hydrogen-bond acceptors (Lipinski definition) is 3. The number of benzene rings is 1. The minimum absolute atomic E-state index is 0.240. The summed E-state index contributed by atoms with van der Waals surface area (Å²) >= 11 is 0. The average molecular weight is 289 g/mol. The molecule has 0 unspecified atom stereocenters. The van der Waals surface area contributed by atoms with Crippen molar-refractivity contribution in [3.05, 3.63) is 35.6 Å². The lowest BCUT2D eigenvalue weighted by Gasteiger charge is -2.18. The topological polar surface area (TPSA) is 79.5 Å². The molecular weight excluding hydrogens is 270 g/mol. The summed E-state index contributed by atoms with van der Waals surface area (Å²) in [6.45, 7) is 5.52. The van der Waals surface area contributed by atoms with Gasteiger partial charge in [-0.1, -0.05) is 11.6 Å². The summed E-state index contributed by atoms with van der Waals surface area (Å²) in [7, 11) is 0. The van der Waals surface area contributed by atoms with E-state index < -0.39 is 11.4 Å². The molecule has 2 aromatic rings. The maximum Gasteiger partial charge on any atom is 0.309 e. The van der Waals surface area contributed by atoms with Crippen LogP contribution in [0.5, 0.6) is 0 Å². The Morgan fingerprint density at radius 2 is 2.00 bits per heavy atom. The van der Waals surface area contributed by atoms with Crippen molar-refractivity contribution in [2.24, 2.45) is 5.41 Å². The second-order valence-corrected chi connectivity index (χ2v) is 5.85. The predicted octanol–water partition coefficient (Wildman–Crippen LogP) is 2.97. The number of fused-ring (bicyclic) bond motifs is 1. The van der Waals surface area contributed by atoms with E-state index in [9.17, 15) is 9.59 Å². The summed E-state index contributed by atoms with van der Waals surface area (Å²) < 4.78 is 5.49. The monoisotopic (exact) mass is 289 g/mol. The standard InChI is InChI=1S/C16H19NO4/c1-10-4-5-12-11(8-10)9-13(21-12)14(18)17-7-6-16(2,3)15(19)20/h4-5,8-9H,6-7H2,1-3H3,(H,17,18)(H,19,20). The van der Waals surface area contributed by atoms with Crippen LogP contribution >= 0.6 is 0 Å². The third kappa shape index (κ3) is 3.42. The number of hydrogen-bond donors (Lipinski definition) is 2. The molecule has 2 rings (SSSR count). The number of amides is 1. The molecule has 112 valence electrons. The lowest BCUT2D eigenvalue weighted by atomic mass is 9.90. The highest BCUT2D eigenvalue weighted by atomic mass is 16.4. The smallest absolute Gasteiger partial charge is 0.309 e. The summed E-state index contributed by atoms with van der Waals surface area (Å²) in [4.78, 5) is 23.0. The average Bonchev–Trinajstić information content (AvgIpc) is 2.81. The Morgan fingerprint density at radius 1 is 1.29 bits per heavy atom. The molecule has 0 aliphatic rings. The van der Waals surface area contributed by atoms with Crippen LogP contribution in [0.3, 0.4) is 0 Å². The van der Waals surface area contributed by atoms with E-state index in [1.54, 1.807) is 19.9 Å². The second kappa shape index (κ2) is 5.60. The van der Waals surface area contributed by atoms with Crippen LogP contribution in [0.25, 0.3) is 11.0 Å². The maximum atomic E-state index is 12.0. The van der Waals surface area contributed by atoms with E-state index in [1.807, 2.05) is 25.1 Å². The van der Waals surface area contributed by atoms with Gasteiger partial charge in [0.1, 0.15) is 5.58 Å². The van der Waals surface area contributed by atoms with Gasteiger partial charge in [-0.15, -0.1) is 0 Å². The third-order valence-corrected chi connectivity index (χ3v) is 3.51. The molecule has 2 N–H and O–H groups in total. The van der Waals surface area contributed by atoms with Crippen LogP contribution in [0, 0.1) is 12.3 Å². The first-order valence-corrected chi connectivity index (χ1v) is 6.81. The van der Waals surface area contributed by atoms with Gasteiger partial charge in [0.25, 0.3) is 5.91 Å². The predicted molar refractivity (Wildman–Crippen MR) is 79.3 cm³/mol. The first-order chi connectivity index (χ1) is 9.79. The van der Waals surface area contributed by atoms with Gasteiger partial charge in [-0.05, 0) is 45.4 Å². The summed E-state index contributed by atoms with van der Waals surface area (Å²) in [5.74, 6) is -0.968. The number of aliphatic carboxylic acids is 1. The number of carbonyl (C=O) groups excluding carboxylic acids is 1. The van der Waals surface area contributed by atoms with Gasteiger partial charge in [-0.25, -0.2) is 0 Å². The SMILES string of the molecule is Cc1ccc2oc(C(=O)NCCC(C)(C)C(=O)O)cc2c1. The van der Waals surface area contributed by atoms with Crippen molar-refractivity contribution >= 4 is 22.8 Å².